The van der Waals surface area contributed by atoms with E-state index in [1.807, 2.05) is 31.2 Å². The molecular weight excluding hydrogens is 308 g/mol. The monoisotopic (exact) mass is 328 g/mol. The summed E-state index contributed by atoms with van der Waals surface area (Å²) in [6.45, 7) is 2.41. The van der Waals surface area contributed by atoms with Crippen molar-refractivity contribution in [3.63, 3.8) is 0 Å². The maximum atomic E-state index is 12.3. The second kappa shape index (κ2) is 6.69. The summed E-state index contributed by atoms with van der Waals surface area (Å²) in [5.41, 5.74) is 2.09. The summed E-state index contributed by atoms with van der Waals surface area (Å²) >= 11 is 0. The Morgan fingerprint density at radius 1 is 1.33 bits per heavy atom. The molecule has 3 amide bonds. The van der Waals surface area contributed by atoms with Gasteiger partial charge in [0.15, 0.2) is 5.82 Å². The Bertz CT molecular complexity index is 757. The topological polar surface area (TPSA) is 92.2 Å². The minimum Gasteiger partial charge on any atom is -0.329 e. The molecule has 1 aromatic carbocycles. The van der Waals surface area contributed by atoms with Gasteiger partial charge in [0, 0.05) is 19.3 Å². The fourth-order valence-corrected chi connectivity index (χ4v) is 2.85. The van der Waals surface area contributed by atoms with Gasteiger partial charge in [-0.2, -0.15) is 0 Å². The highest BCUT2D eigenvalue weighted by molar-refractivity contribution is 5.98. The summed E-state index contributed by atoms with van der Waals surface area (Å²) in [5, 5.41) is 13.1. The highest BCUT2D eigenvalue weighted by Gasteiger charge is 2.24. The van der Waals surface area contributed by atoms with Crippen molar-refractivity contribution in [2.75, 3.05) is 18.0 Å². The lowest BCUT2D eigenvalue weighted by Crippen LogP contribution is -2.44. The number of nitrogens with one attached hydrogen (secondary N) is 2. The smallest absolute Gasteiger partial charge is 0.315 e. The van der Waals surface area contributed by atoms with Crippen LogP contribution in [-0.4, -0.2) is 39.8 Å². The molecule has 0 unspecified atom stereocenters. The third-order valence-corrected chi connectivity index (χ3v) is 4.07. The molecule has 0 spiro atoms. The summed E-state index contributed by atoms with van der Waals surface area (Å²) in [4.78, 5) is 26.0. The van der Waals surface area contributed by atoms with Gasteiger partial charge in [0.25, 0.3) is 0 Å². The molecule has 0 aliphatic carbocycles. The minimum absolute atomic E-state index is 0.0499. The van der Waals surface area contributed by atoms with E-state index in [9.17, 15) is 9.59 Å². The second-order valence-electron chi connectivity index (χ2n) is 5.77. The van der Waals surface area contributed by atoms with Crippen LogP contribution in [0.1, 0.15) is 24.4 Å². The van der Waals surface area contributed by atoms with Crippen molar-refractivity contribution < 1.29 is 9.59 Å². The molecule has 0 fully saturated rings. The number of amides is 3. The lowest BCUT2D eigenvalue weighted by Gasteiger charge is -2.18. The number of para-hydroxylation sites is 1. The van der Waals surface area contributed by atoms with Crippen LogP contribution in [-0.2, 0) is 18.3 Å². The Morgan fingerprint density at radius 3 is 2.88 bits per heavy atom. The van der Waals surface area contributed by atoms with Gasteiger partial charge in [-0.25, -0.2) is 4.79 Å². The van der Waals surface area contributed by atoms with E-state index < -0.39 is 6.03 Å². The van der Waals surface area contributed by atoms with E-state index in [0.29, 0.717) is 12.4 Å². The average molecular weight is 328 g/mol. The molecular formula is C16H20N6O2. The molecule has 3 rings (SSSR count). The van der Waals surface area contributed by atoms with Gasteiger partial charge in [-0.1, -0.05) is 18.2 Å². The van der Waals surface area contributed by atoms with Gasteiger partial charge in [-0.15, -0.1) is 10.2 Å². The molecule has 2 aromatic rings. The molecule has 2 heterocycles. The van der Waals surface area contributed by atoms with Gasteiger partial charge in [0.2, 0.25) is 5.91 Å². The molecule has 1 aliphatic heterocycles. The van der Waals surface area contributed by atoms with E-state index >= 15 is 0 Å². The number of carbonyl (C=O) groups excluding carboxylic acids is 2. The third-order valence-electron chi connectivity index (χ3n) is 4.07. The van der Waals surface area contributed by atoms with E-state index in [0.717, 1.165) is 17.7 Å². The quantitative estimate of drug-likeness (QED) is 0.867. The van der Waals surface area contributed by atoms with Crippen LogP contribution >= 0.6 is 0 Å². The molecule has 1 aromatic heterocycles. The van der Waals surface area contributed by atoms with E-state index in [1.54, 1.807) is 22.8 Å². The summed E-state index contributed by atoms with van der Waals surface area (Å²) in [7, 11) is 1.81. The lowest BCUT2D eigenvalue weighted by atomic mass is 10.2. The number of benzene rings is 1. The Labute approximate surface area is 139 Å². The average Bonchev–Trinajstić information content (AvgIpc) is 3.18. The number of rotatable bonds is 4. The number of fused-ring (bicyclic) bond motifs is 1. The summed E-state index contributed by atoms with van der Waals surface area (Å²) in [5.74, 6) is 0.520. The van der Waals surface area contributed by atoms with Gasteiger partial charge >= 0.3 is 6.03 Å². The van der Waals surface area contributed by atoms with E-state index in [2.05, 4.69) is 20.8 Å². The zero-order valence-electron chi connectivity index (χ0n) is 13.7. The van der Waals surface area contributed by atoms with Crippen molar-refractivity contribution in [1.82, 2.24) is 25.4 Å². The third kappa shape index (κ3) is 3.22. The molecule has 1 aliphatic rings. The summed E-state index contributed by atoms with van der Waals surface area (Å²) in [6.07, 6.45) is 2.41. The number of urea groups is 1. The van der Waals surface area contributed by atoms with Crippen LogP contribution in [0.4, 0.5) is 10.5 Å². The van der Waals surface area contributed by atoms with Crippen LogP contribution in [0.5, 0.6) is 0 Å². The molecule has 1 atom stereocenters. The molecule has 0 radical (unpaired) electrons. The molecule has 0 saturated heterocycles. The van der Waals surface area contributed by atoms with Gasteiger partial charge in [-0.3, -0.25) is 4.79 Å². The molecule has 2 N–H and O–H groups in total. The number of aromatic nitrogens is 3. The van der Waals surface area contributed by atoms with Crippen LogP contribution in [0.2, 0.25) is 0 Å². The Balaban J connectivity index is 1.52. The van der Waals surface area contributed by atoms with Crippen LogP contribution < -0.4 is 15.5 Å². The number of aryl methyl sites for hydroxylation is 1. The Morgan fingerprint density at radius 2 is 2.12 bits per heavy atom. The van der Waals surface area contributed by atoms with Crippen LogP contribution in [0.3, 0.4) is 0 Å². The molecule has 24 heavy (non-hydrogen) atoms. The first-order valence-corrected chi connectivity index (χ1v) is 7.83. The van der Waals surface area contributed by atoms with E-state index in [4.69, 9.17) is 0 Å². The van der Waals surface area contributed by atoms with Gasteiger partial charge in [0.05, 0.1) is 12.6 Å². The number of hydrogen-bond acceptors (Lipinski definition) is 4. The predicted octanol–water partition coefficient (Wildman–Crippen LogP) is 0.765. The fraction of sp³-hybridized carbons (Fsp3) is 0.375. The van der Waals surface area contributed by atoms with E-state index in [-0.39, 0.29) is 18.5 Å². The molecule has 0 saturated carbocycles. The van der Waals surface area contributed by atoms with Crippen LogP contribution in [0, 0.1) is 0 Å². The summed E-state index contributed by atoms with van der Waals surface area (Å²) < 4.78 is 1.73. The normalized spacial score (nSPS) is 14.2. The lowest BCUT2D eigenvalue weighted by molar-refractivity contribution is -0.117. The SMILES string of the molecule is C[C@H](NC(=O)NCC(=O)N1CCc2ccccc21)c1nncn1C. The predicted molar refractivity (Wildman–Crippen MR) is 88.5 cm³/mol. The highest BCUT2D eigenvalue weighted by Crippen LogP contribution is 2.27. The highest BCUT2D eigenvalue weighted by atomic mass is 16.2. The van der Waals surface area contributed by atoms with Crippen molar-refractivity contribution in [3.05, 3.63) is 42.0 Å². The van der Waals surface area contributed by atoms with Crippen molar-refractivity contribution >= 4 is 17.6 Å². The molecule has 0 bridgehead atoms. The Hall–Kier alpha value is -2.90. The van der Waals surface area contributed by atoms with Crippen molar-refractivity contribution in [3.8, 4) is 0 Å². The molecule has 8 nitrogen and oxygen atoms in total. The van der Waals surface area contributed by atoms with Crippen molar-refractivity contribution in [2.24, 2.45) is 7.05 Å². The van der Waals surface area contributed by atoms with Crippen molar-refractivity contribution in [1.29, 1.82) is 0 Å². The number of carbonyl (C=O) groups is 2. The first-order chi connectivity index (χ1) is 11.6. The maximum Gasteiger partial charge on any atom is 0.315 e. The van der Waals surface area contributed by atoms with E-state index in [1.165, 1.54) is 0 Å². The zero-order chi connectivity index (χ0) is 17.1. The Kier molecular flexibility index (Phi) is 4.45. The number of nitrogens with zero attached hydrogens (tertiary/aromatic N) is 4. The number of hydrogen-bond donors (Lipinski definition) is 2. The first kappa shape index (κ1) is 16.0. The molecule has 8 heteroatoms. The van der Waals surface area contributed by atoms with Gasteiger partial charge < -0.3 is 20.1 Å². The summed E-state index contributed by atoms with van der Waals surface area (Å²) in [6, 6.07) is 7.10. The van der Waals surface area contributed by atoms with Crippen LogP contribution in [0.15, 0.2) is 30.6 Å². The van der Waals surface area contributed by atoms with Crippen molar-refractivity contribution in [2.45, 2.75) is 19.4 Å². The standard InChI is InChI=1S/C16H20N6O2/c1-11(15-20-18-10-21(15)2)19-16(24)17-9-14(23)22-8-7-12-5-3-4-6-13(12)22/h3-6,10-11H,7-9H2,1-2H3,(H2,17,19,24)/t11-/m0/s1. The number of anilines is 1. The van der Waals surface area contributed by atoms with Crippen LogP contribution in [0.25, 0.3) is 0 Å². The maximum absolute atomic E-state index is 12.3. The minimum atomic E-state index is -0.411. The van der Waals surface area contributed by atoms with Gasteiger partial charge in [0.1, 0.15) is 6.33 Å². The first-order valence-electron chi connectivity index (χ1n) is 7.83. The fourth-order valence-electron chi connectivity index (χ4n) is 2.85. The molecule has 126 valence electrons. The second-order valence-corrected chi connectivity index (χ2v) is 5.77. The largest absolute Gasteiger partial charge is 0.329 e. The van der Waals surface area contributed by atoms with Gasteiger partial charge in [-0.05, 0) is 25.0 Å². The zero-order valence-corrected chi connectivity index (χ0v) is 13.7.